The van der Waals surface area contributed by atoms with Crippen molar-refractivity contribution in [3.8, 4) is 11.5 Å². The number of nitrogens with one attached hydrogen (secondary N) is 1. The summed E-state index contributed by atoms with van der Waals surface area (Å²) in [5, 5.41) is 13.9. The number of anilines is 1. The normalized spacial score (nSPS) is 18.1. The Bertz CT molecular complexity index is 713. The summed E-state index contributed by atoms with van der Waals surface area (Å²) in [6.07, 6.45) is 2.32. The molecule has 0 bridgehead atoms. The van der Waals surface area contributed by atoms with E-state index in [1.54, 1.807) is 13.2 Å². The average molecular weight is 354 g/mol. The van der Waals surface area contributed by atoms with Crippen LogP contribution in [0.3, 0.4) is 0 Å². The van der Waals surface area contributed by atoms with E-state index < -0.39 is 0 Å². The molecule has 0 saturated carbocycles. The maximum absolute atomic E-state index is 10.2. The van der Waals surface area contributed by atoms with Gasteiger partial charge in [0.05, 0.1) is 7.11 Å². The van der Waals surface area contributed by atoms with Crippen molar-refractivity contribution in [1.82, 2.24) is 4.90 Å². The number of hydrogen-bond donors (Lipinski definition) is 2. The van der Waals surface area contributed by atoms with Gasteiger partial charge in [-0.25, -0.2) is 0 Å². The highest BCUT2D eigenvalue weighted by Crippen LogP contribution is 2.30. The van der Waals surface area contributed by atoms with E-state index in [4.69, 9.17) is 4.74 Å². The molecule has 0 unspecified atom stereocenters. The molecule has 2 aromatic rings. The molecule has 3 rings (SSSR count). The summed E-state index contributed by atoms with van der Waals surface area (Å²) < 4.78 is 5.42. The number of nitrogens with zero attached hydrogens (tertiary/aromatic N) is 1. The maximum Gasteiger partial charge on any atom is 0.127 e. The van der Waals surface area contributed by atoms with E-state index in [0.717, 1.165) is 30.8 Å². The molecule has 0 aliphatic carbocycles. The van der Waals surface area contributed by atoms with Crippen LogP contribution in [0.25, 0.3) is 0 Å². The van der Waals surface area contributed by atoms with Crippen LogP contribution in [0.1, 0.15) is 43.7 Å². The van der Waals surface area contributed by atoms with E-state index in [1.165, 1.54) is 17.7 Å². The summed E-state index contributed by atoms with van der Waals surface area (Å²) in [6, 6.07) is 14.7. The van der Waals surface area contributed by atoms with Crippen LogP contribution in [-0.2, 0) is 6.54 Å². The van der Waals surface area contributed by atoms with Crippen LogP contribution in [0.4, 0.5) is 5.69 Å². The van der Waals surface area contributed by atoms with E-state index in [1.807, 2.05) is 12.1 Å². The molecular formula is C22H30N2O2. The fourth-order valence-electron chi connectivity index (χ4n) is 3.64. The van der Waals surface area contributed by atoms with Crippen molar-refractivity contribution < 1.29 is 9.84 Å². The van der Waals surface area contributed by atoms with Gasteiger partial charge in [0.25, 0.3) is 0 Å². The summed E-state index contributed by atoms with van der Waals surface area (Å²) >= 11 is 0. The third-order valence-electron chi connectivity index (χ3n) is 5.16. The highest BCUT2D eigenvalue weighted by Gasteiger charge is 2.22. The quantitative estimate of drug-likeness (QED) is 0.796. The molecular weight excluding hydrogens is 324 g/mol. The minimum atomic E-state index is 0.309. The third-order valence-corrected chi connectivity index (χ3v) is 5.16. The van der Waals surface area contributed by atoms with Crippen LogP contribution in [0.2, 0.25) is 0 Å². The van der Waals surface area contributed by atoms with E-state index >= 15 is 0 Å². The molecule has 1 atom stereocenters. The first-order valence-electron chi connectivity index (χ1n) is 9.50. The number of rotatable bonds is 6. The molecule has 4 nitrogen and oxygen atoms in total. The van der Waals surface area contributed by atoms with Crippen LogP contribution >= 0.6 is 0 Å². The first-order chi connectivity index (χ1) is 12.6. The Labute approximate surface area is 156 Å². The van der Waals surface area contributed by atoms with Crippen LogP contribution in [0, 0.1) is 0 Å². The Kier molecular flexibility index (Phi) is 6.04. The van der Waals surface area contributed by atoms with Crippen molar-refractivity contribution in [2.24, 2.45) is 0 Å². The van der Waals surface area contributed by atoms with Gasteiger partial charge in [-0.3, -0.25) is 4.90 Å². The SMILES string of the molecule is COc1cccc(O)c1CN1CCC[C@H](Nc2ccc(C(C)C)cc2)C1. The van der Waals surface area contributed by atoms with E-state index in [0.29, 0.717) is 24.3 Å². The number of likely N-dealkylation sites (tertiary alicyclic amines) is 1. The summed E-state index contributed by atoms with van der Waals surface area (Å²) in [7, 11) is 1.65. The zero-order valence-electron chi connectivity index (χ0n) is 16.0. The molecule has 26 heavy (non-hydrogen) atoms. The summed E-state index contributed by atoms with van der Waals surface area (Å²) in [5.41, 5.74) is 3.42. The molecule has 1 aliphatic rings. The molecule has 0 aromatic heterocycles. The topological polar surface area (TPSA) is 44.7 Å². The monoisotopic (exact) mass is 354 g/mol. The molecule has 2 N–H and O–H groups in total. The molecule has 4 heteroatoms. The van der Waals surface area contributed by atoms with Crippen LogP contribution < -0.4 is 10.1 Å². The zero-order chi connectivity index (χ0) is 18.5. The van der Waals surface area contributed by atoms with Gasteiger partial charge in [0.15, 0.2) is 0 Å². The largest absolute Gasteiger partial charge is 0.507 e. The predicted octanol–water partition coefficient (Wildman–Crippen LogP) is 4.60. The van der Waals surface area contributed by atoms with Gasteiger partial charge in [0.1, 0.15) is 11.5 Å². The standard InChI is InChI=1S/C22H30N2O2/c1-16(2)17-9-11-18(12-10-17)23-19-6-5-13-24(14-19)15-20-21(25)7-4-8-22(20)26-3/h4,7-12,16,19,23,25H,5-6,13-15H2,1-3H3/t19-/m0/s1. The summed E-state index contributed by atoms with van der Waals surface area (Å²) in [5.74, 6) is 1.62. The molecule has 2 aromatic carbocycles. The van der Waals surface area contributed by atoms with Crippen molar-refractivity contribution in [3.05, 3.63) is 53.6 Å². The van der Waals surface area contributed by atoms with Gasteiger partial charge in [-0.1, -0.05) is 32.0 Å². The molecule has 1 aliphatic heterocycles. The first kappa shape index (κ1) is 18.6. The number of ether oxygens (including phenoxy) is 1. The van der Waals surface area contributed by atoms with Gasteiger partial charge < -0.3 is 15.2 Å². The molecule has 1 fully saturated rings. The van der Waals surface area contributed by atoms with Gasteiger partial charge in [0, 0.05) is 30.4 Å². The van der Waals surface area contributed by atoms with Crippen LogP contribution in [-0.4, -0.2) is 36.2 Å². The predicted molar refractivity (Wildman–Crippen MR) is 107 cm³/mol. The minimum Gasteiger partial charge on any atom is -0.507 e. The number of phenols is 1. The second kappa shape index (κ2) is 8.45. The van der Waals surface area contributed by atoms with E-state index in [9.17, 15) is 5.11 Å². The van der Waals surface area contributed by atoms with Gasteiger partial charge in [-0.05, 0) is 55.1 Å². The number of phenolic OH excluding ortho intramolecular Hbond substituents is 1. The average Bonchev–Trinajstić information content (AvgIpc) is 2.64. The molecule has 0 spiro atoms. The van der Waals surface area contributed by atoms with Crippen molar-refractivity contribution >= 4 is 5.69 Å². The lowest BCUT2D eigenvalue weighted by atomic mass is 10.0. The van der Waals surface area contributed by atoms with E-state index in [-0.39, 0.29) is 0 Å². The van der Waals surface area contributed by atoms with Gasteiger partial charge in [-0.15, -0.1) is 0 Å². The second-order valence-corrected chi connectivity index (χ2v) is 7.45. The molecule has 1 heterocycles. The lowest BCUT2D eigenvalue weighted by Crippen LogP contribution is -2.41. The third kappa shape index (κ3) is 4.50. The fourth-order valence-corrected chi connectivity index (χ4v) is 3.64. The van der Waals surface area contributed by atoms with E-state index in [2.05, 4.69) is 48.3 Å². The first-order valence-corrected chi connectivity index (χ1v) is 9.50. The lowest BCUT2D eigenvalue weighted by molar-refractivity contribution is 0.204. The number of aromatic hydroxyl groups is 1. The highest BCUT2D eigenvalue weighted by atomic mass is 16.5. The second-order valence-electron chi connectivity index (χ2n) is 7.45. The fraction of sp³-hybridized carbons (Fsp3) is 0.455. The van der Waals surface area contributed by atoms with Gasteiger partial charge in [0.2, 0.25) is 0 Å². The maximum atomic E-state index is 10.2. The van der Waals surface area contributed by atoms with Gasteiger partial charge in [-0.2, -0.15) is 0 Å². The lowest BCUT2D eigenvalue weighted by Gasteiger charge is -2.34. The van der Waals surface area contributed by atoms with Crippen LogP contribution in [0.15, 0.2) is 42.5 Å². The Morgan fingerprint density at radius 1 is 1.19 bits per heavy atom. The van der Waals surface area contributed by atoms with Crippen molar-refractivity contribution in [3.63, 3.8) is 0 Å². The number of piperidine rings is 1. The Morgan fingerprint density at radius 2 is 1.96 bits per heavy atom. The Balaban J connectivity index is 1.62. The molecule has 0 amide bonds. The summed E-state index contributed by atoms with van der Waals surface area (Å²) in [6.45, 7) is 7.15. The minimum absolute atomic E-state index is 0.309. The van der Waals surface area contributed by atoms with Crippen molar-refractivity contribution in [2.75, 3.05) is 25.5 Å². The Morgan fingerprint density at radius 3 is 2.65 bits per heavy atom. The zero-order valence-corrected chi connectivity index (χ0v) is 16.0. The van der Waals surface area contributed by atoms with Crippen molar-refractivity contribution in [2.45, 2.75) is 45.2 Å². The van der Waals surface area contributed by atoms with Crippen molar-refractivity contribution in [1.29, 1.82) is 0 Å². The Hall–Kier alpha value is -2.20. The number of benzene rings is 2. The molecule has 140 valence electrons. The number of methoxy groups -OCH3 is 1. The molecule has 1 saturated heterocycles. The van der Waals surface area contributed by atoms with Crippen LogP contribution in [0.5, 0.6) is 11.5 Å². The molecule has 0 radical (unpaired) electrons. The van der Waals surface area contributed by atoms with Gasteiger partial charge >= 0.3 is 0 Å². The number of hydrogen-bond acceptors (Lipinski definition) is 4. The summed E-state index contributed by atoms with van der Waals surface area (Å²) in [4.78, 5) is 2.39. The highest BCUT2D eigenvalue weighted by molar-refractivity contribution is 5.46. The smallest absolute Gasteiger partial charge is 0.127 e.